The third kappa shape index (κ3) is 6.91. The maximum Gasteiger partial charge on any atom is 0.233 e. The summed E-state index contributed by atoms with van der Waals surface area (Å²) in [6.07, 6.45) is -7.57. The van der Waals surface area contributed by atoms with Crippen LogP contribution in [-0.4, -0.2) is 68.8 Å². The number of hydrogen-bond acceptors (Lipinski definition) is 8. The molecule has 1 unspecified atom stereocenters. The van der Waals surface area contributed by atoms with Gasteiger partial charge in [-0.05, 0) is 83.6 Å². The van der Waals surface area contributed by atoms with Crippen molar-refractivity contribution in [2.75, 3.05) is 11.5 Å². The average Bonchev–Trinajstić information content (AvgIpc) is 3.08. The zero-order valence-electron chi connectivity index (χ0n) is 25.1. The maximum absolute atomic E-state index is 13.7. The molecule has 0 spiro atoms. The smallest absolute Gasteiger partial charge is 0.233 e. The first-order valence-electron chi connectivity index (χ1n) is 15.3. The summed E-state index contributed by atoms with van der Waals surface area (Å²) in [7, 11) is 0. The summed E-state index contributed by atoms with van der Waals surface area (Å²) < 4.78 is 38.0. The predicted molar refractivity (Wildman–Crippen MR) is 167 cm³/mol. The number of aliphatic hydroxyl groups excluding tert-OH is 5. The highest BCUT2D eigenvalue weighted by Crippen LogP contribution is 2.46. The molecule has 0 aliphatic carbocycles. The lowest BCUT2D eigenvalue weighted by Crippen LogP contribution is -2.58. The Bertz CT molecular complexity index is 1670. The normalized spacial score (nSPS) is 26.5. The van der Waals surface area contributed by atoms with E-state index >= 15 is 0 Å². The fourth-order valence-corrected chi connectivity index (χ4v) is 6.18. The van der Waals surface area contributed by atoms with Gasteiger partial charge >= 0.3 is 0 Å². The van der Waals surface area contributed by atoms with Crippen molar-refractivity contribution >= 4 is 11.6 Å². The number of hydrogen-bond donors (Lipinski definition) is 5. The molecule has 2 heterocycles. The minimum absolute atomic E-state index is 0.136. The van der Waals surface area contributed by atoms with Crippen molar-refractivity contribution in [3.8, 4) is 16.9 Å². The van der Waals surface area contributed by atoms with Crippen molar-refractivity contribution in [2.24, 2.45) is 5.92 Å². The van der Waals surface area contributed by atoms with E-state index in [0.717, 1.165) is 16.7 Å². The molecule has 2 aliphatic heterocycles. The van der Waals surface area contributed by atoms with Gasteiger partial charge in [0.1, 0.15) is 48.4 Å². The highest BCUT2D eigenvalue weighted by atomic mass is 19.1. The number of anilines is 1. The predicted octanol–water partition coefficient (Wildman–Crippen LogP) is 4.03. The summed E-state index contributed by atoms with van der Waals surface area (Å²) in [4.78, 5) is 15.1. The van der Waals surface area contributed by atoms with Crippen molar-refractivity contribution < 1.29 is 48.6 Å². The highest BCUT2D eigenvalue weighted by Gasteiger charge is 2.48. The van der Waals surface area contributed by atoms with E-state index in [1.54, 1.807) is 35.2 Å². The van der Waals surface area contributed by atoms with Crippen molar-refractivity contribution in [2.45, 2.75) is 55.7 Å². The summed E-state index contributed by atoms with van der Waals surface area (Å²) in [5.41, 5.74) is 3.65. The van der Waals surface area contributed by atoms with Gasteiger partial charge in [-0.1, -0.05) is 48.5 Å². The van der Waals surface area contributed by atoms with Crippen LogP contribution in [0.15, 0.2) is 97.1 Å². The van der Waals surface area contributed by atoms with Crippen molar-refractivity contribution in [3.05, 3.63) is 120 Å². The van der Waals surface area contributed by atoms with Crippen LogP contribution < -0.4 is 9.64 Å². The van der Waals surface area contributed by atoms with Crippen LogP contribution in [0, 0.1) is 17.6 Å². The Kier molecular flexibility index (Phi) is 9.65. The van der Waals surface area contributed by atoms with Crippen LogP contribution in [0.4, 0.5) is 14.5 Å². The molecule has 6 rings (SSSR count). The Balaban J connectivity index is 1.17. The number of halogens is 2. The van der Waals surface area contributed by atoms with E-state index in [2.05, 4.69) is 0 Å². The van der Waals surface area contributed by atoms with E-state index < -0.39 is 54.4 Å². The second-order valence-corrected chi connectivity index (χ2v) is 11.9. The molecule has 47 heavy (non-hydrogen) atoms. The molecular formula is C36H35F2NO8. The number of nitrogens with zero attached hydrogens (tertiary/aromatic N) is 1. The van der Waals surface area contributed by atoms with Crippen LogP contribution in [0.5, 0.6) is 5.75 Å². The molecule has 0 aromatic heterocycles. The number of carbonyl (C=O) groups is 1. The number of carbonyl (C=O) groups excluding carboxylic acids is 1. The minimum Gasteiger partial charge on any atom is -0.491 e. The number of benzene rings is 4. The lowest BCUT2D eigenvalue weighted by atomic mass is 9.78. The zero-order valence-corrected chi connectivity index (χ0v) is 25.1. The first-order valence-corrected chi connectivity index (χ1v) is 15.3. The van der Waals surface area contributed by atoms with E-state index in [-0.39, 0.29) is 18.6 Å². The van der Waals surface area contributed by atoms with Gasteiger partial charge in [0, 0.05) is 5.69 Å². The van der Waals surface area contributed by atoms with E-state index in [4.69, 9.17) is 9.47 Å². The Morgan fingerprint density at radius 3 is 2.13 bits per heavy atom. The molecule has 2 saturated heterocycles. The molecule has 8 atom stereocenters. The first kappa shape index (κ1) is 32.7. The van der Waals surface area contributed by atoms with Crippen molar-refractivity contribution in [1.82, 2.24) is 0 Å². The molecule has 0 radical (unpaired) electrons. The summed E-state index contributed by atoms with van der Waals surface area (Å²) in [6.45, 7) is -0.184. The van der Waals surface area contributed by atoms with Gasteiger partial charge in [0.05, 0.1) is 18.1 Å². The number of aliphatic hydroxyl groups is 5. The molecule has 2 fully saturated rings. The Morgan fingerprint density at radius 2 is 1.45 bits per heavy atom. The van der Waals surface area contributed by atoms with Gasteiger partial charge in [0.25, 0.3) is 0 Å². The summed E-state index contributed by atoms with van der Waals surface area (Å²) in [5, 5.41) is 50.3. The van der Waals surface area contributed by atoms with Gasteiger partial charge in [0.15, 0.2) is 6.29 Å². The molecule has 1 amide bonds. The quantitative estimate of drug-likeness (QED) is 0.163. The SMILES string of the molecule is O=C1[C@H](CC[C@H](O)c2ccc(F)cc2)[C@@H](c2ccc(-c3cccc(OC[C@H]4OC(O)[C@H](O)[C@@H](O)[C@@H]4O)c3)cc2)N1c1ccc(F)cc1. The van der Waals surface area contributed by atoms with Gasteiger partial charge in [-0.25, -0.2) is 8.78 Å². The molecule has 4 aromatic carbocycles. The van der Waals surface area contributed by atoms with E-state index in [1.807, 2.05) is 30.3 Å². The third-order valence-electron chi connectivity index (χ3n) is 8.85. The van der Waals surface area contributed by atoms with Gasteiger partial charge in [-0.15, -0.1) is 0 Å². The lowest BCUT2D eigenvalue weighted by Gasteiger charge is -2.48. The lowest BCUT2D eigenvalue weighted by molar-refractivity contribution is -0.285. The highest BCUT2D eigenvalue weighted by molar-refractivity contribution is 6.03. The zero-order chi connectivity index (χ0) is 33.2. The number of rotatable bonds is 10. The van der Waals surface area contributed by atoms with Crippen molar-refractivity contribution in [1.29, 1.82) is 0 Å². The Hall–Kier alpha value is -4.23. The average molecular weight is 648 g/mol. The maximum atomic E-state index is 13.7. The molecule has 9 nitrogen and oxygen atoms in total. The second kappa shape index (κ2) is 13.9. The molecule has 5 N–H and O–H groups in total. The molecule has 4 aromatic rings. The monoisotopic (exact) mass is 647 g/mol. The van der Waals surface area contributed by atoms with Crippen LogP contribution >= 0.6 is 0 Å². The van der Waals surface area contributed by atoms with Gasteiger partial charge in [0.2, 0.25) is 5.91 Å². The van der Waals surface area contributed by atoms with Gasteiger partial charge < -0.3 is 39.9 Å². The summed E-state index contributed by atoms with van der Waals surface area (Å²) >= 11 is 0. The first-order chi connectivity index (χ1) is 22.6. The van der Waals surface area contributed by atoms with Crippen LogP contribution in [0.25, 0.3) is 11.1 Å². The fourth-order valence-electron chi connectivity index (χ4n) is 6.18. The molecule has 0 saturated carbocycles. The number of β-lactam (4-membered cyclic amide) rings is 1. The molecule has 0 bridgehead atoms. The Morgan fingerprint density at radius 1 is 0.787 bits per heavy atom. The standard InChI is InChI=1S/C36H35F2NO8/c37-24-10-8-21(9-11-24)29(40)17-16-28-31(39(35(28)44)26-14-12-25(38)13-15-26)22-6-4-20(5-7-22)23-2-1-3-27(18-23)46-19-30-32(41)33(42)34(43)36(45)47-30/h1-15,18,28-34,36,40-43,45H,16-17,19H2/t28-,29+,30-,31-,32-,33+,34-,36?/m1/s1. The number of ether oxygens (including phenoxy) is 2. The Labute approximate surface area is 269 Å². The van der Waals surface area contributed by atoms with E-state index in [0.29, 0.717) is 29.8 Å². The summed E-state index contributed by atoms with van der Waals surface area (Å²) in [5.74, 6) is -0.935. The van der Waals surface area contributed by atoms with E-state index in [1.165, 1.54) is 36.4 Å². The summed E-state index contributed by atoms with van der Waals surface area (Å²) in [6, 6.07) is 25.8. The fraction of sp³-hybridized carbons (Fsp3) is 0.306. The molecule has 2 aliphatic rings. The topological polar surface area (TPSA) is 140 Å². The van der Waals surface area contributed by atoms with Crippen LogP contribution in [0.3, 0.4) is 0 Å². The second-order valence-electron chi connectivity index (χ2n) is 11.9. The molecular weight excluding hydrogens is 612 g/mol. The van der Waals surface area contributed by atoms with Crippen LogP contribution in [-0.2, 0) is 9.53 Å². The van der Waals surface area contributed by atoms with E-state index in [9.17, 15) is 39.1 Å². The van der Waals surface area contributed by atoms with Gasteiger partial charge in [-0.3, -0.25) is 4.79 Å². The van der Waals surface area contributed by atoms with Crippen molar-refractivity contribution in [3.63, 3.8) is 0 Å². The largest absolute Gasteiger partial charge is 0.491 e. The van der Waals surface area contributed by atoms with Crippen LogP contribution in [0.2, 0.25) is 0 Å². The minimum atomic E-state index is -1.66. The number of amides is 1. The van der Waals surface area contributed by atoms with Crippen LogP contribution in [0.1, 0.15) is 36.1 Å². The molecule has 11 heteroatoms. The third-order valence-corrected chi connectivity index (χ3v) is 8.85. The van der Waals surface area contributed by atoms with Gasteiger partial charge in [-0.2, -0.15) is 0 Å². The molecule has 246 valence electrons.